The van der Waals surface area contributed by atoms with Crippen molar-refractivity contribution >= 4 is 28.1 Å². The average molecular weight is 409 g/mol. The largest absolute Gasteiger partial charge is 0.450 e. The van der Waals surface area contributed by atoms with Crippen LogP contribution < -0.4 is 0 Å². The molecule has 0 fully saturated rings. The molecule has 8 heteroatoms. The van der Waals surface area contributed by atoms with Gasteiger partial charge in [-0.1, -0.05) is 48.5 Å². The van der Waals surface area contributed by atoms with E-state index >= 15 is 0 Å². The lowest BCUT2D eigenvalue weighted by Gasteiger charge is -2.16. The summed E-state index contributed by atoms with van der Waals surface area (Å²) in [5.41, 5.74) is 1.04. The molecule has 30 heavy (non-hydrogen) atoms. The van der Waals surface area contributed by atoms with Gasteiger partial charge in [0.1, 0.15) is 0 Å². The molecule has 0 aliphatic heterocycles. The molecule has 150 valence electrons. The molecule has 0 saturated carbocycles. The Morgan fingerprint density at radius 1 is 0.900 bits per heavy atom. The van der Waals surface area contributed by atoms with Crippen LogP contribution in [0.5, 0.6) is 0 Å². The first kappa shape index (κ1) is 19.4. The third-order valence-corrected chi connectivity index (χ3v) is 4.54. The van der Waals surface area contributed by atoms with E-state index in [1.807, 2.05) is 0 Å². The molecule has 4 aromatic rings. The maximum Gasteiger partial charge on any atom is 0.450 e. The predicted octanol–water partition coefficient (Wildman–Crippen LogP) is 6.36. The van der Waals surface area contributed by atoms with Crippen LogP contribution in [0.2, 0.25) is 0 Å². The summed E-state index contributed by atoms with van der Waals surface area (Å²) < 4.78 is 43.5. The quantitative estimate of drug-likeness (QED) is 0.171. The van der Waals surface area contributed by atoms with Crippen LogP contribution >= 0.6 is 0 Å². The summed E-state index contributed by atoms with van der Waals surface area (Å²) in [6, 6.07) is 21.8. The first-order valence-electron chi connectivity index (χ1n) is 8.91. The topological polar surface area (TPSA) is 60.4 Å². The van der Waals surface area contributed by atoms with Crippen LogP contribution in [-0.4, -0.2) is 21.5 Å². The van der Waals surface area contributed by atoms with Gasteiger partial charge in [0.2, 0.25) is 5.84 Å². The number of benzene rings is 3. The van der Waals surface area contributed by atoms with Gasteiger partial charge in [0.25, 0.3) is 5.69 Å². The predicted molar refractivity (Wildman–Crippen MR) is 109 cm³/mol. The summed E-state index contributed by atoms with van der Waals surface area (Å²) in [5, 5.41) is 11.5. The van der Waals surface area contributed by atoms with Gasteiger partial charge in [-0.3, -0.25) is 14.7 Å². The van der Waals surface area contributed by atoms with E-state index in [2.05, 4.69) is 4.99 Å². The third kappa shape index (κ3) is 3.67. The molecule has 0 spiro atoms. The average Bonchev–Trinajstić information content (AvgIpc) is 3.11. The zero-order valence-electron chi connectivity index (χ0n) is 15.4. The van der Waals surface area contributed by atoms with Crippen molar-refractivity contribution in [3.05, 3.63) is 95.0 Å². The van der Waals surface area contributed by atoms with Crippen LogP contribution in [0, 0.1) is 10.1 Å². The molecule has 0 unspecified atom stereocenters. The van der Waals surface area contributed by atoms with Gasteiger partial charge in [0.05, 0.1) is 21.8 Å². The van der Waals surface area contributed by atoms with Crippen LogP contribution in [0.3, 0.4) is 0 Å². The molecule has 0 radical (unpaired) electrons. The Morgan fingerprint density at radius 3 is 2.17 bits per heavy atom. The van der Waals surface area contributed by atoms with Crippen molar-refractivity contribution in [2.75, 3.05) is 0 Å². The fraction of sp³-hybridized carbons (Fsp3) is 0.0455. The highest BCUT2D eigenvalue weighted by Crippen LogP contribution is 2.33. The Morgan fingerprint density at radius 2 is 1.53 bits per heavy atom. The molecule has 5 nitrogen and oxygen atoms in total. The molecule has 0 bridgehead atoms. The number of nitro groups is 1. The molecule has 0 amide bonds. The number of aliphatic imine (C=N–C) groups is 1. The number of hydrogen-bond donors (Lipinski definition) is 0. The maximum atomic E-state index is 14.1. The van der Waals surface area contributed by atoms with Crippen LogP contribution in [0.15, 0.2) is 89.9 Å². The minimum absolute atomic E-state index is 0.0373. The lowest BCUT2D eigenvalue weighted by Crippen LogP contribution is -2.30. The number of nitro benzene ring substituents is 1. The Hall–Kier alpha value is -3.94. The Kier molecular flexibility index (Phi) is 4.83. The Bertz CT molecular complexity index is 1240. The number of aromatic nitrogens is 1. The standard InChI is InChI=1S/C22H14F3N3O2/c23-22(24,25)21(26-17-10-12-18(13-11-17)28(29)30)27-19-9-5-4-8-16(19)14-20(27)15-6-2-1-3-7-15/h1-14H. The van der Waals surface area contributed by atoms with E-state index in [9.17, 15) is 23.3 Å². The van der Waals surface area contributed by atoms with E-state index < -0.39 is 16.9 Å². The Balaban J connectivity index is 1.97. The zero-order valence-corrected chi connectivity index (χ0v) is 15.4. The van der Waals surface area contributed by atoms with Crippen molar-refractivity contribution in [3.8, 4) is 11.3 Å². The SMILES string of the molecule is O=[N+]([O-])c1ccc(N=C(n2c(-c3ccccc3)cc3ccccc32)C(F)(F)F)cc1. The molecule has 0 saturated heterocycles. The third-order valence-electron chi connectivity index (χ3n) is 4.54. The molecule has 4 rings (SSSR count). The molecule has 1 heterocycles. The number of hydrogen-bond acceptors (Lipinski definition) is 3. The molecular weight excluding hydrogens is 395 g/mol. The number of nitrogens with zero attached hydrogens (tertiary/aromatic N) is 3. The van der Waals surface area contributed by atoms with Gasteiger partial charge in [-0.2, -0.15) is 13.2 Å². The van der Waals surface area contributed by atoms with Gasteiger partial charge in [0.15, 0.2) is 0 Å². The summed E-state index contributed by atoms with van der Waals surface area (Å²) >= 11 is 0. The lowest BCUT2D eigenvalue weighted by molar-refractivity contribution is -0.384. The van der Waals surface area contributed by atoms with E-state index in [-0.39, 0.29) is 11.4 Å². The van der Waals surface area contributed by atoms with Crippen molar-refractivity contribution in [1.82, 2.24) is 4.57 Å². The van der Waals surface area contributed by atoms with Gasteiger partial charge in [-0.15, -0.1) is 0 Å². The van der Waals surface area contributed by atoms with Gasteiger partial charge in [0, 0.05) is 17.5 Å². The van der Waals surface area contributed by atoms with Crippen molar-refractivity contribution in [2.24, 2.45) is 4.99 Å². The van der Waals surface area contributed by atoms with Crippen molar-refractivity contribution in [2.45, 2.75) is 6.18 Å². The first-order valence-corrected chi connectivity index (χ1v) is 8.91. The van der Waals surface area contributed by atoms with E-state index in [0.717, 1.165) is 16.7 Å². The summed E-state index contributed by atoms with van der Waals surface area (Å²) in [4.78, 5) is 14.0. The summed E-state index contributed by atoms with van der Waals surface area (Å²) in [6.45, 7) is 0. The second kappa shape index (κ2) is 7.47. The summed E-state index contributed by atoms with van der Waals surface area (Å²) in [5.74, 6) is -1.13. The molecule has 3 aromatic carbocycles. The Labute approximate surface area is 168 Å². The number of para-hydroxylation sites is 1. The van der Waals surface area contributed by atoms with Crippen molar-refractivity contribution in [3.63, 3.8) is 0 Å². The molecule has 1 aromatic heterocycles. The second-order valence-corrected chi connectivity index (χ2v) is 6.50. The highest BCUT2D eigenvalue weighted by atomic mass is 19.4. The van der Waals surface area contributed by atoms with Crippen LogP contribution in [-0.2, 0) is 0 Å². The van der Waals surface area contributed by atoms with Gasteiger partial charge in [-0.25, -0.2) is 4.99 Å². The molecular formula is C22H14F3N3O2. The zero-order chi connectivity index (χ0) is 21.3. The number of non-ortho nitro benzene ring substituents is 1. The molecule has 0 N–H and O–H groups in total. The highest BCUT2D eigenvalue weighted by Gasteiger charge is 2.39. The minimum Gasteiger partial charge on any atom is -0.290 e. The van der Waals surface area contributed by atoms with Gasteiger partial charge >= 0.3 is 6.18 Å². The van der Waals surface area contributed by atoms with E-state index in [1.54, 1.807) is 60.7 Å². The summed E-state index contributed by atoms with van der Waals surface area (Å²) in [6.07, 6.45) is -4.77. The second-order valence-electron chi connectivity index (χ2n) is 6.50. The highest BCUT2D eigenvalue weighted by molar-refractivity contribution is 6.03. The number of rotatable bonds is 3. The summed E-state index contributed by atoms with van der Waals surface area (Å²) in [7, 11) is 0. The maximum absolute atomic E-state index is 14.1. The van der Waals surface area contributed by atoms with Gasteiger partial charge < -0.3 is 0 Å². The lowest BCUT2D eigenvalue weighted by atomic mass is 10.1. The first-order chi connectivity index (χ1) is 14.3. The molecule has 0 atom stereocenters. The minimum atomic E-state index is -4.77. The molecule has 0 aliphatic rings. The number of halogens is 3. The monoisotopic (exact) mass is 409 g/mol. The fourth-order valence-corrected chi connectivity index (χ4v) is 3.22. The van der Waals surface area contributed by atoms with E-state index in [4.69, 9.17) is 0 Å². The van der Waals surface area contributed by atoms with Crippen LogP contribution in [0.1, 0.15) is 0 Å². The molecule has 0 aliphatic carbocycles. The van der Waals surface area contributed by atoms with Crippen LogP contribution in [0.25, 0.3) is 22.2 Å². The van der Waals surface area contributed by atoms with Crippen molar-refractivity contribution < 1.29 is 18.1 Å². The van der Waals surface area contributed by atoms with E-state index in [0.29, 0.717) is 22.2 Å². The van der Waals surface area contributed by atoms with Gasteiger partial charge in [-0.05, 0) is 29.8 Å². The number of fused-ring (bicyclic) bond motifs is 1. The van der Waals surface area contributed by atoms with E-state index in [1.165, 1.54) is 12.1 Å². The normalized spacial score (nSPS) is 12.3. The number of alkyl halides is 3. The smallest absolute Gasteiger partial charge is 0.290 e. The fourth-order valence-electron chi connectivity index (χ4n) is 3.22. The van der Waals surface area contributed by atoms with Crippen molar-refractivity contribution in [1.29, 1.82) is 0 Å². The van der Waals surface area contributed by atoms with Crippen LogP contribution in [0.4, 0.5) is 24.5 Å².